The highest BCUT2D eigenvalue weighted by atomic mass is 19.1. The van der Waals surface area contributed by atoms with Crippen LogP contribution in [-0.2, 0) is 4.79 Å². The Hall–Kier alpha value is -1.46. The number of likely N-dealkylation sites (N-methyl/N-ethyl adjacent to an activating group) is 1. The molecule has 0 aliphatic carbocycles. The Balaban J connectivity index is 3.10. The van der Waals surface area contributed by atoms with Gasteiger partial charge in [0.15, 0.2) is 0 Å². The van der Waals surface area contributed by atoms with Crippen LogP contribution in [0.3, 0.4) is 0 Å². The van der Waals surface area contributed by atoms with E-state index in [1.807, 2.05) is 17.9 Å². The molecule has 0 aromatic heterocycles. The maximum atomic E-state index is 13.5. The predicted molar refractivity (Wildman–Crippen MR) is 83.3 cm³/mol. The third-order valence-corrected chi connectivity index (χ3v) is 3.60. The van der Waals surface area contributed by atoms with Gasteiger partial charge in [0.1, 0.15) is 5.82 Å². The molecule has 3 N–H and O–H groups in total. The van der Waals surface area contributed by atoms with Crippen molar-refractivity contribution in [3.8, 4) is 0 Å². The van der Waals surface area contributed by atoms with Crippen LogP contribution in [0.15, 0.2) is 24.3 Å². The summed E-state index contributed by atoms with van der Waals surface area (Å²) in [7, 11) is 1.61. The zero-order chi connectivity index (χ0) is 15.8. The molecule has 1 aromatic rings. The summed E-state index contributed by atoms with van der Waals surface area (Å²) in [5, 5.41) is 2.63. The number of benzene rings is 1. The summed E-state index contributed by atoms with van der Waals surface area (Å²) in [5.74, 6) is -0.342. The molecule has 1 rings (SSSR count). The van der Waals surface area contributed by atoms with E-state index >= 15 is 0 Å². The molecule has 21 heavy (non-hydrogen) atoms. The summed E-state index contributed by atoms with van der Waals surface area (Å²) in [6.07, 6.45) is 1.66. The quantitative estimate of drug-likeness (QED) is 0.772. The minimum Gasteiger partial charge on any atom is -0.358 e. The first-order valence-electron chi connectivity index (χ1n) is 7.49. The van der Waals surface area contributed by atoms with Crippen molar-refractivity contribution in [1.82, 2.24) is 10.2 Å². The third kappa shape index (κ3) is 5.10. The Bertz CT molecular complexity index is 453. The van der Waals surface area contributed by atoms with Crippen LogP contribution in [0.1, 0.15) is 38.3 Å². The lowest BCUT2D eigenvalue weighted by molar-refractivity contribution is -0.122. The molecule has 0 fully saturated rings. The topological polar surface area (TPSA) is 58.4 Å². The molecule has 2 unspecified atom stereocenters. The average Bonchev–Trinajstić information content (AvgIpc) is 2.47. The van der Waals surface area contributed by atoms with E-state index in [0.29, 0.717) is 0 Å². The van der Waals surface area contributed by atoms with Crippen molar-refractivity contribution in [3.63, 3.8) is 0 Å². The molecule has 0 aliphatic rings. The van der Waals surface area contributed by atoms with Crippen LogP contribution in [0.5, 0.6) is 0 Å². The first kappa shape index (κ1) is 17.6. The molecule has 2 atom stereocenters. The minimum absolute atomic E-state index is 0.0619. The van der Waals surface area contributed by atoms with Gasteiger partial charge in [-0.1, -0.05) is 26.0 Å². The molecule has 1 aromatic carbocycles. The van der Waals surface area contributed by atoms with Crippen molar-refractivity contribution in [2.75, 3.05) is 20.1 Å². The Labute approximate surface area is 126 Å². The fourth-order valence-electron chi connectivity index (χ4n) is 2.51. The van der Waals surface area contributed by atoms with E-state index in [9.17, 15) is 9.18 Å². The van der Waals surface area contributed by atoms with E-state index in [1.165, 1.54) is 12.1 Å². The fraction of sp³-hybridized carbons (Fsp3) is 0.562. The van der Waals surface area contributed by atoms with Gasteiger partial charge in [-0.25, -0.2) is 4.39 Å². The van der Waals surface area contributed by atoms with Crippen molar-refractivity contribution < 1.29 is 9.18 Å². The number of carbonyl (C=O) groups excluding carboxylic acids is 1. The summed E-state index contributed by atoms with van der Waals surface area (Å²) < 4.78 is 13.5. The minimum atomic E-state index is -0.280. The molecular weight excluding hydrogens is 269 g/mol. The van der Waals surface area contributed by atoms with Crippen molar-refractivity contribution in [1.29, 1.82) is 0 Å². The Morgan fingerprint density at radius 3 is 2.67 bits per heavy atom. The Kier molecular flexibility index (Phi) is 7.32. The van der Waals surface area contributed by atoms with Gasteiger partial charge in [-0.15, -0.1) is 0 Å². The highest BCUT2D eigenvalue weighted by Crippen LogP contribution is 2.25. The summed E-state index contributed by atoms with van der Waals surface area (Å²) >= 11 is 0. The number of nitrogens with zero attached hydrogens (tertiary/aromatic N) is 1. The van der Waals surface area contributed by atoms with Gasteiger partial charge in [0.2, 0.25) is 5.91 Å². The molecule has 0 saturated carbocycles. The average molecular weight is 295 g/mol. The lowest BCUT2D eigenvalue weighted by Crippen LogP contribution is -2.45. The largest absolute Gasteiger partial charge is 0.358 e. The van der Waals surface area contributed by atoms with E-state index in [4.69, 9.17) is 5.73 Å². The summed E-state index contributed by atoms with van der Waals surface area (Å²) in [5.41, 5.74) is 7.07. The van der Waals surface area contributed by atoms with E-state index in [1.54, 1.807) is 13.1 Å². The van der Waals surface area contributed by atoms with Gasteiger partial charge in [0.25, 0.3) is 0 Å². The monoisotopic (exact) mass is 295 g/mol. The van der Waals surface area contributed by atoms with Gasteiger partial charge < -0.3 is 11.1 Å². The molecule has 0 aliphatic heterocycles. The van der Waals surface area contributed by atoms with Crippen molar-refractivity contribution in [2.45, 2.75) is 38.8 Å². The van der Waals surface area contributed by atoms with Gasteiger partial charge in [0, 0.05) is 13.1 Å². The van der Waals surface area contributed by atoms with Crippen molar-refractivity contribution >= 4 is 5.91 Å². The van der Waals surface area contributed by atoms with E-state index in [-0.39, 0.29) is 30.4 Å². The number of hydrogen-bond acceptors (Lipinski definition) is 3. The van der Waals surface area contributed by atoms with Gasteiger partial charge in [-0.3, -0.25) is 9.69 Å². The zero-order valence-corrected chi connectivity index (χ0v) is 13.1. The summed E-state index contributed by atoms with van der Waals surface area (Å²) in [6.45, 7) is 5.06. The number of nitrogens with one attached hydrogen (secondary N) is 1. The Morgan fingerprint density at radius 2 is 2.14 bits per heavy atom. The molecule has 0 saturated heterocycles. The van der Waals surface area contributed by atoms with Crippen LogP contribution in [0.2, 0.25) is 0 Å². The van der Waals surface area contributed by atoms with Crippen LogP contribution >= 0.6 is 0 Å². The van der Waals surface area contributed by atoms with E-state index in [2.05, 4.69) is 12.2 Å². The zero-order valence-electron chi connectivity index (χ0n) is 13.1. The molecule has 0 bridgehead atoms. The number of rotatable bonds is 8. The first-order chi connectivity index (χ1) is 10.0. The maximum absolute atomic E-state index is 13.5. The van der Waals surface area contributed by atoms with Crippen LogP contribution in [0.25, 0.3) is 0 Å². The second-order valence-corrected chi connectivity index (χ2v) is 5.22. The third-order valence-electron chi connectivity index (χ3n) is 3.60. The molecule has 0 spiro atoms. The maximum Gasteiger partial charge on any atom is 0.233 e. The van der Waals surface area contributed by atoms with Crippen molar-refractivity contribution in [3.05, 3.63) is 35.6 Å². The lowest BCUT2D eigenvalue weighted by Gasteiger charge is -2.35. The van der Waals surface area contributed by atoms with Crippen LogP contribution < -0.4 is 11.1 Å². The van der Waals surface area contributed by atoms with Gasteiger partial charge >= 0.3 is 0 Å². The lowest BCUT2D eigenvalue weighted by atomic mass is 9.96. The first-order valence-corrected chi connectivity index (χ1v) is 7.49. The highest BCUT2D eigenvalue weighted by molar-refractivity contribution is 5.77. The predicted octanol–water partition coefficient (Wildman–Crippen LogP) is 2.06. The molecule has 0 radical (unpaired) electrons. The number of hydrogen-bond donors (Lipinski definition) is 2. The van der Waals surface area contributed by atoms with Crippen LogP contribution in [0, 0.1) is 5.82 Å². The van der Waals surface area contributed by atoms with E-state index in [0.717, 1.165) is 24.9 Å². The molecule has 0 heterocycles. The molecular formula is C16H26FN3O. The summed E-state index contributed by atoms with van der Waals surface area (Å²) in [6, 6.07) is 6.17. The van der Waals surface area contributed by atoms with Crippen LogP contribution in [0.4, 0.5) is 4.39 Å². The van der Waals surface area contributed by atoms with Crippen LogP contribution in [-0.4, -0.2) is 37.0 Å². The van der Waals surface area contributed by atoms with Gasteiger partial charge in [0.05, 0.1) is 12.6 Å². The number of carbonyl (C=O) groups is 1. The SMILES string of the molecule is CCCN(CC(=O)NC)C(c1cccc(F)c1)C(N)CC. The molecule has 1 amide bonds. The smallest absolute Gasteiger partial charge is 0.233 e. The number of nitrogens with two attached hydrogens (primary N) is 1. The van der Waals surface area contributed by atoms with Crippen molar-refractivity contribution in [2.24, 2.45) is 5.73 Å². The normalized spacial score (nSPS) is 14.0. The van der Waals surface area contributed by atoms with Gasteiger partial charge in [-0.2, -0.15) is 0 Å². The number of halogens is 1. The van der Waals surface area contributed by atoms with Gasteiger partial charge in [-0.05, 0) is 37.1 Å². The highest BCUT2D eigenvalue weighted by Gasteiger charge is 2.26. The molecule has 118 valence electrons. The number of amides is 1. The second-order valence-electron chi connectivity index (χ2n) is 5.22. The molecule has 4 nitrogen and oxygen atoms in total. The standard InChI is InChI=1S/C16H26FN3O/c1-4-9-20(11-15(21)19-3)16(14(18)5-2)12-7-6-8-13(17)10-12/h6-8,10,14,16H,4-5,9,11,18H2,1-3H3,(H,19,21). The Morgan fingerprint density at radius 1 is 1.43 bits per heavy atom. The summed E-state index contributed by atoms with van der Waals surface area (Å²) in [4.78, 5) is 13.8. The fourth-order valence-corrected chi connectivity index (χ4v) is 2.51. The second kappa shape index (κ2) is 8.74. The molecule has 5 heteroatoms. The van der Waals surface area contributed by atoms with E-state index < -0.39 is 0 Å².